The van der Waals surface area contributed by atoms with Crippen molar-refractivity contribution in [1.82, 2.24) is 15.1 Å². The minimum absolute atomic E-state index is 0.178. The number of hydrogen-bond donors (Lipinski definition) is 2. The summed E-state index contributed by atoms with van der Waals surface area (Å²) in [6.45, 7) is 8.15. The van der Waals surface area contributed by atoms with Crippen LogP contribution in [0.1, 0.15) is 25.5 Å². The molecule has 0 bridgehead atoms. The summed E-state index contributed by atoms with van der Waals surface area (Å²) < 4.78 is 5.91. The van der Waals surface area contributed by atoms with E-state index in [9.17, 15) is 5.11 Å². The number of benzene rings is 2. The number of aryl methyl sites for hydroxylation is 1. The van der Waals surface area contributed by atoms with Crippen molar-refractivity contribution in [2.45, 2.75) is 26.7 Å². The van der Waals surface area contributed by atoms with E-state index >= 15 is 0 Å². The van der Waals surface area contributed by atoms with Crippen LogP contribution >= 0.6 is 0 Å². The molecule has 152 valence electrons. The maximum Gasteiger partial charge on any atom is 0.128 e. The number of H-pyrrole nitrogens is 1. The Bertz CT molecular complexity index is 952. The molecule has 0 unspecified atom stereocenters. The highest BCUT2D eigenvalue weighted by atomic mass is 16.5. The van der Waals surface area contributed by atoms with Crippen molar-refractivity contribution in [2.24, 2.45) is 5.92 Å². The zero-order chi connectivity index (χ0) is 20.2. The first-order valence-corrected chi connectivity index (χ1v) is 10.4. The number of phenolic OH excluding ortho intramolecular Hbond substituents is 1. The number of ether oxygens (including phenoxy) is 1. The van der Waals surface area contributed by atoms with Gasteiger partial charge in [0.15, 0.2) is 0 Å². The van der Waals surface area contributed by atoms with Crippen LogP contribution in [0.2, 0.25) is 0 Å². The molecule has 3 aromatic rings. The molecule has 1 aliphatic rings. The lowest BCUT2D eigenvalue weighted by molar-refractivity contribution is 0.153. The fourth-order valence-corrected chi connectivity index (χ4v) is 4.17. The van der Waals surface area contributed by atoms with Gasteiger partial charge >= 0.3 is 0 Å². The molecule has 2 N–H and O–H groups in total. The summed E-state index contributed by atoms with van der Waals surface area (Å²) in [5.74, 6) is 1.63. The van der Waals surface area contributed by atoms with Gasteiger partial charge in [-0.15, -0.1) is 0 Å². The Kier molecular flexibility index (Phi) is 5.86. The van der Waals surface area contributed by atoms with Crippen molar-refractivity contribution in [3.63, 3.8) is 0 Å². The van der Waals surface area contributed by atoms with Crippen LogP contribution in [0.3, 0.4) is 0 Å². The lowest BCUT2D eigenvalue weighted by atomic mass is 9.99. The van der Waals surface area contributed by atoms with Gasteiger partial charge in [0.2, 0.25) is 0 Å². The molecule has 0 aliphatic carbocycles. The normalized spacial score (nSPS) is 17.4. The summed E-state index contributed by atoms with van der Waals surface area (Å²) in [5.41, 5.74) is 4.50. The molecular weight excluding hydrogens is 362 g/mol. The van der Waals surface area contributed by atoms with Gasteiger partial charge in [-0.1, -0.05) is 37.3 Å². The van der Waals surface area contributed by atoms with E-state index < -0.39 is 0 Å². The Balaban J connectivity index is 1.47. The lowest BCUT2D eigenvalue weighted by Crippen LogP contribution is -2.37. The predicted molar refractivity (Wildman–Crippen MR) is 116 cm³/mol. The smallest absolute Gasteiger partial charge is 0.128 e. The number of aromatic nitrogens is 2. The summed E-state index contributed by atoms with van der Waals surface area (Å²) in [7, 11) is 0. The SMILES string of the molecule is Cc1[nH]nc(-c2ccc(OCCN3CCC[C@@H](C)C3)cc2O)c1-c1ccccc1. The first kappa shape index (κ1) is 19.5. The van der Waals surface area contributed by atoms with Gasteiger partial charge in [-0.3, -0.25) is 10.00 Å². The fraction of sp³-hybridized carbons (Fsp3) is 0.375. The highest BCUT2D eigenvalue weighted by Gasteiger charge is 2.18. The summed E-state index contributed by atoms with van der Waals surface area (Å²) in [6.07, 6.45) is 2.59. The van der Waals surface area contributed by atoms with Gasteiger partial charge in [-0.2, -0.15) is 5.10 Å². The molecule has 1 fully saturated rings. The fourth-order valence-electron chi connectivity index (χ4n) is 4.17. The average molecular weight is 392 g/mol. The first-order valence-electron chi connectivity index (χ1n) is 10.4. The third kappa shape index (κ3) is 4.46. The van der Waals surface area contributed by atoms with Crippen LogP contribution < -0.4 is 4.74 Å². The summed E-state index contributed by atoms with van der Waals surface area (Å²) >= 11 is 0. The molecular formula is C24H29N3O2. The third-order valence-electron chi connectivity index (χ3n) is 5.65. The number of piperidine rings is 1. The van der Waals surface area contributed by atoms with Crippen molar-refractivity contribution < 1.29 is 9.84 Å². The molecule has 5 heteroatoms. The van der Waals surface area contributed by atoms with E-state index in [1.54, 1.807) is 6.07 Å². The van der Waals surface area contributed by atoms with E-state index in [-0.39, 0.29) is 5.75 Å². The maximum atomic E-state index is 10.7. The standard InChI is InChI=1S/C24H29N3O2/c1-17-7-6-12-27(16-17)13-14-29-20-10-11-21(22(28)15-20)24-23(18(2)25-26-24)19-8-4-3-5-9-19/h3-5,8-11,15,17,28H,6-7,12-14,16H2,1-2H3,(H,25,26)/t17-/m1/s1. The number of phenols is 1. The van der Waals surface area contributed by atoms with E-state index in [1.165, 1.54) is 12.8 Å². The summed E-state index contributed by atoms with van der Waals surface area (Å²) in [6, 6.07) is 15.6. The van der Waals surface area contributed by atoms with E-state index in [2.05, 4.69) is 34.2 Å². The molecule has 0 radical (unpaired) electrons. The molecule has 29 heavy (non-hydrogen) atoms. The highest BCUT2D eigenvalue weighted by Crippen LogP contribution is 2.38. The van der Waals surface area contributed by atoms with E-state index in [4.69, 9.17) is 4.74 Å². The topological polar surface area (TPSA) is 61.4 Å². The quantitative estimate of drug-likeness (QED) is 0.629. The third-order valence-corrected chi connectivity index (χ3v) is 5.65. The number of aromatic hydroxyl groups is 1. The zero-order valence-corrected chi connectivity index (χ0v) is 17.2. The summed E-state index contributed by atoms with van der Waals surface area (Å²) in [5, 5.41) is 18.2. The van der Waals surface area contributed by atoms with Gasteiger partial charge < -0.3 is 9.84 Å². The second-order valence-electron chi connectivity index (χ2n) is 8.01. The van der Waals surface area contributed by atoms with Gasteiger partial charge in [0.05, 0.1) is 0 Å². The Morgan fingerprint density at radius 1 is 1.21 bits per heavy atom. The zero-order valence-electron chi connectivity index (χ0n) is 17.2. The Labute approximate surface area is 172 Å². The van der Waals surface area contributed by atoms with Crippen molar-refractivity contribution in [2.75, 3.05) is 26.2 Å². The minimum Gasteiger partial charge on any atom is -0.507 e. The van der Waals surface area contributed by atoms with Crippen LogP contribution in [-0.2, 0) is 0 Å². The summed E-state index contributed by atoms with van der Waals surface area (Å²) in [4.78, 5) is 2.46. The Morgan fingerprint density at radius 3 is 2.79 bits per heavy atom. The van der Waals surface area contributed by atoms with Crippen LogP contribution in [0, 0.1) is 12.8 Å². The molecule has 0 spiro atoms. The van der Waals surface area contributed by atoms with Gasteiger partial charge in [-0.05, 0) is 49.9 Å². The van der Waals surface area contributed by atoms with E-state index in [0.717, 1.165) is 48.1 Å². The second kappa shape index (κ2) is 8.70. The lowest BCUT2D eigenvalue weighted by Gasteiger charge is -2.30. The number of nitrogens with one attached hydrogen (secondary N) is 1. The predicted octanol–water partition coefficient (Wildman–Crippen LogP) is 4.87. The van der Waals surface area contributed by atoms with Crippen molar-refractivity contribution in [3.05, 3.63) is 54.2 Å². The van der Waals surface area contributed by atoms with Crippen LogP contribution in [0.15, 0.2) is 48.5 Å². The van der Waals surface area contributed by atoms with Gasteiger partial charge in [0, 0.05) is 36.0 Å². The average Bonchev–Trinajstić information content (AvgIpc) is 3.10. The van der Waals surface area contributed by atoms with Gasteiger partial charge in [0.1, 0.15) is 23.8 Å². The number of nitrogens with zero attached hydrogens (tertiary/aromatic N) is 2. The number of aromatic amines is 1. The van der Waals surface area contributed by atoms with Gasteiger partial charge in [-0.25, -0.2) is 0 Å². The molecule has 1 atom stereocenters. The molecule has 0 amide bonds. The Morgan fingerprint density at radius 2 is 2.03 bits per heavy atom. The number of rotatable bonds is 6. The highest BCUT2D eigenvalue weighted by molar-refractivity contribution is 5.85. The van der Waals surface area contributed by atoms with E-state index in [1.807, 2.05) is 37.3 Å². The van der Waals surface area contributed by atoms with E-state index in [0.29, 0.717) is 17.9 Å². The second-order valence-corrected chi connectivity index (χ2v) is 8.01. The van der Waals surface area contributed by atoms with Crippen molar-refractivity contribution in [3.8, 4) is 33.9 Å². The number of hydrogen-bond acceptors (Lipinski definition) is 4. The molecule has 1 aliphatic heterocycles. The molecule has 1 saturated heterocycles. The minimum atomic E-state index is 0.178. The monoisotopic (exact) mass is 391 g/mol. The van der Waals surface area contributed by atoms with Crippen LogP contribution in [-0.4, -0.2) is 46.4 Å². The molecule has 5 nitrogen and oxygen atoms in total. The molecule has 4 rings (SSSR count). The van der Waals surface area contributed by atoms with Crippen LogP contribution in [0.25, 0.3) is 22.4 Å². The van der Waals surface area contributed by atoms with Crippen LogP contribution in [0.5, 0.6) is 11.5 Å². The maximum absolute atomic E-state index is 10.7. The van der Waals surface area contributed by atoms with Gasteiger partial charge in [0.25, 0.3) is 0 Å². The van der Waals surface area contributed by atoms with Crippen molar-refractivity contribution >= 4 is 0 Å². The molecule has 1 aromatic heterocycles. The molecule has 0 saturated carbocycles. The molecule has 2 heterocycles. The first-order chi connectivity index (χ1) is 14.1. The van der Waals surface area contributed by atoms with Crippen molar-refractivity contribution in [1.29, 1.82) is 0 Å². The largest absolute Gasteiger partial charge is 0.507 e. The molecule has 2 aromatic carbocycles. The van der Waals surface area contributed by atoms with Crippen LogP contribution in [0.4, 0.5) is 0 Å². The number of likely N-dealkylation sites (tertiary alicyclic amines) is 1. The Hall–Kier alpha value is -2.79.